The molecular weight excluding hydrogens is 324 g/mol. The number of carbonyl (C=O) groups excluding carboxylic acids is 1. The Bertz CT molecular complexity index is 996. The third-order valence-electron chi connectivity index (χ3n) is 3.74. The fraction of sp³-hybridized carbons (Fsp3) is 0.167. The molecule has 1 aromatic heterocycles. The number of aromatic hydroxyl groups is 1. The van der Waals surface area contributed by atoms with E-state index in [0.29, 0.717) is 10.9 Å². The van der Waals surface area contributed by atoms with Gasteiger partial charge in [-0.2, -0.15) is 0 Å². The molecule has 7 nitrogen and oxygen atoms in total. The lowest BCUT2D eigenvalue weighted by atomic mass is 10.2. The van der Waals surface area contributed by atoms with Gasteiger partial charge in [-0.1, -0.05) is 18.2 Å². The summed E-state index contributed by atoms with van der Waals surface area (Å²) < 4.78 is 10.3. The van der Waals surface area contributed by atoms with Crippen molar-refractivity contribution in [2.45, 2.75) is 13.0 Å². The number of aromatic nitrogens is 2. The highest BCUT2D eigenvalue weighted by molar-refractivity contribution is 5.93. The summed E-state index contributed by atoms with van der Waals surface area (Å²) in [4.78, 5) is 31.3. The number of phenols is 1. The van der Waals surface area contributed by atoms with Crippen LogP contribution in [0.1, 0.15) is 29.2 Å². The van der Waals surface area contributed by atoms with E-state index in [1.165, 1.54) is 19.2 Å². The third kappa shape index (κ3) is 3.16. The normalized spacial score (nSPS) is 11.9. The molecule has 0 fully saturated rings. The number of para-hydroxylation sites is 2. The number of hydrogen-bond donors (Lipinski definition) is 2. The Morgan fingerprint density at radius 3 is 2.72 bits per heavy atom. The second-order valence-electron chi connectivity index (χ2n) is 5.37. The van der Waals surface area contributed by atoms with Crippen LogP contribution in [0.25, 0.3) is 10.9 Å². The van der Waals surface area contributed by atoms with Gasteiger partial charge < -0.3 is 19.6 Å². The molecular formula is C18H16N2O5. The number of phenolic OH excluding ortho intramolecular Hbond substituents is 1. The maximum absolute atomic E-state index is 12.3. The molecule has 0 aliphatic heterocycles. The number of ether oxygens (including phenoxy) is 2. The zero-order valence-electron chi connectivity index (χ0n) is 13.6. The SMILES string of the molecule is COc1cccc(C(=O)OC(C)c2nc3ccccc3c(=O)[nH]2)c1O. The van der Waals surface area contributed by atoms with Gasteiger partial charge in [0.25, 0.3) is 5.56 Å². The van der Waals surface area contributed by atoms with Crippen LogP contribution in [0.4, 0.5) is 0 Å². The fourth-order valence-electron chi connectivity index (χ4n) is 2.43. The molecule has 1 atom stereocenters. The van der Waals surface area contributed by atoms with Crippen molar-refractivity contribution in [3.8, 4) is 11.5 Å². The molecule has 3 rings (SSSR count). The molecule has 1 unspecified atom stereocenters. The van der Waals surface area contributed by atoms with Gasteiger partial charge in [-0.3, -0.25) is 4.79 Å². The van der Waals surface area contributed by atoms with E-state index in [-0.39, 0.29) is 28.4 Å². The third-order valence-corrected chi connectivity index (χ3v) is 3.74. The molecule has 2 N–H and O–H groups in total. The van der Waals surface area contributed by atoms with Crippen molar-refractivity contribution in [2.75, 3.05) is 7.11 Å². The van der Waals surface area contributed by atoms with Gasteiger partial charge in [-0.05, 0) is 31.2 Å². The van der Waals surface area contributed by atoms with Crippen LogP contribution in [0.15, 0.2) is 47.3 Å². The van der Waals surface area contributed by atoms with Gasteiger partial charge in [0.15, 0.2) is 23.4 Å². The lowest BCUT2D eigenvalue weighted by Gasteiger charge is -2.14. The van der Waals surface area contributed by atoms with Crippen LogP contribution in [0.2, 0.25) is 0 Å². The van der Waals surface area contributed by atoms with Gasteiger partial charge >= 0.3 is 5.97 Å². The summed E-state index contributed by atoms with van der Waals surface area (Å²) in [5.41, 5.74) is 0.162. The molecule has 0 saturated carbocycles. The molecule has 0 bridgehead atoms. The van der Waals surface area contributed by atoms with Crippen LogP contribution in [-0.4, -0.2) is 28.2 Å². The van der Waals surface area contributed by atoms with E-state index < -0.39 is 12.1 Å². The summed E-state index contributed by atoms with van der Waals surface area (Å²) in [5, 5.41) is 10.5. The number of nitrogens with one attached hydrogen (secondary N) is 1. The summed E-state index contributed by atoms with van der Waals surface area (Å²) in [6.45, 7) is 1.59. The van der Waals surface area contributed by atoms with Crippen molar-refractivity contribution in [3.63, 3.8) is 0 Å². The largest absolute Gasteiger partial charge is 0.504 e. The standard InChI is InChI=1S/C18H16N2O5/c1-10(16-19-13-8-4-3-6-11(13)17(22)20-16)25-18(23)12-7-5-9-14(24-2)15(12)21/h3-10,21H,1-2H3,(H,19,20,22). The summed E-state index contributed by atoms with van der Waals surface area (Å²) in [6.07, 6.45) is -0.810. The first kappa shape index (κ1) is 16.5. The van der Waals surface area contributed by atoms with Crippen molar-refractivity contribution in [2.24, 2.45) is 0 Å². The maximum atomic E-state index is 12.3. The topological polar surface area (TPSA) is 102 Å². The number of hydrogen-bond acceptors (Lipinski definition) is 6. The van der Waals surface area contributed by atoms with Gasteiger partial charge in [-0.15, -0.1) is 0 Å². The van der Waals surface area contributed by atoms with Crippen LogP contribution < -0.4 is 10.3 Å². The van der Waals surface area contributed by atoms with Crippen molar-refractivity contribution in [1.82, 2.24) is 9.97 Å². The number of nitrogens with zero attached hydrogens (tertiary/aromatic N) is 1. The first-order valence-corrected chi connectivity index (χ1v) is 7.57. The van der Waals surface area contributed by atoms with Crippen LogP contribution in [0.5, 0.6) is 11.5 Å². The first-order valence-electron chi connectivity index (χ1n) is 7.57. The molecule has 0 aliphatic carbocycles. The molecule has 7 heteroatoms. The predicted molar refractivity (Wildman–Crippen MR) is 90.9 cm³/mol. The minimum Gasteiger partial charge on any atom is -0.504 e. The Morgan fingerprint density at radius 2 is 1.96 bits per heavy atom. The predicted octanol–water partition coefficient (Wildman–Crippen LogP) is 2.56. The Balaban J connectivity index is 1.89. The number of esters is 1. The Labute approximate surface area is 142 Å². The van der Waals surface area contributed by atoms with E-state index in [9.17, 15) is 14.7 Å². The minimum absolute atomic E-state index is 0.0330. The van der Waals surface area contributed by atoms with Crippen LogP contribution >= 0.6 is 0 Å². The van der Waals surface area contributed by atoms with E-state index in [4.69, 9.17) is 9.47 Å². The quantitative estimate of drug-likeness (QED) is 0.708. The zero-order chi connectivity index (χ0) is 18.0. The second-order valence-corrected chi connectivity index (χ2v) is 5.37. The molecule has 0 spiro atoms. The molecule has 0 radical (unpaired) electrons. The minimum atomic E-state index is -0.810. The Hall–Kier alpha value is -3.35. The molecule has 0 aliphatic rings. The summed E-state index contributed by atoms with van der Waals surface area (Å²) in [6, 6.07) is 11.4. The summed E-state index contributed by atoms with van der Waals surface area (Å²) in [5.74, 6) is -0.666. The molecule has 25 heavy (non-hydrogen) atoms. The number of methoxy groups -OCH3 is 1. The number of H-pyrrole nitrogens is 1. The highest BCUT2D eigenvalue weighted by Gasteiger charge is 2.21. The smallest absolute Gasteiger partial charge is 0.342 e. The highest BCUT2D eigenvalue weighted by Crippen LogP contribution is 2.30. The van der Waals surface area contributed by atoms with Crippen LogP contribution in [0, 0.1) is 0 Å². The Kier molecular flexibility index (Phi) is 4.38. The average Bonchev–Trinajstić information content (AvgIpc) is 2.61. The number of rotatable bonds is 4. The van der Waals surface area contributed by atoms with Crippen LogP contribution in [-0.2, 0) is 4.74 Å². The molecule has 128 valence electrons. The van der Waals surface area contributed by atoms with E-state index >= 15 is 0 Å². The average molecular weight is 340 g/mol. The van der Waals surface area contributed by atoms with Crippen molar-refractivity contribution in [1.29, 1.82) is 0 Å². The Morgan fingerprint density at radius 1 is 1.20 bits per heavy atom. The molecule has 0 amide bonds. The van der Waals surface area contributed by atoms with Gasteiger partial charge in [0.1, 0.15) is 5.56 Å². The van der Waals surface area contributed by atoms with E-state index in [1.54, 1.807) is 37.3 Å². The van der Waals surface area contributed by atoms with Crippen LogP contribution in [0.3, 0.4) is 0 Å². The summed E-state index contributed by atoms with van der Waals surface area (Å²) in [7, 11) is 1.39. The highest BCUT2D eigenvalue weighted by atomic mass is 16.5. The number of fused-ring (bicyclic) bond motifs is 1. The van der Waals surface area contributed by atoms with E-state index in [0.717, 1.165) is 0 Å². The van der Waals surface area contributed by atoms with E-state index in [2.05, 4.69) is 9.97 Å². The van der Waals surface area contributed by atoms with Crippen molar-refractivity contribution < 1.29 is 19.4 Å². The number of benzene rings is 2. The second kappa shape index (κ2) is 6.64. The lowest BCUT2D eigenvalue weighted by molar-refractivity contribution is 0.0316. The van der Waals surface area contributed by atoms with E-state index in [1.807, 2.05) is 0 Å². The van der Waals surface area contributed by atoms with Gasteiger partial charge in [-0.25, -0.2) is 9.78 Å². The molecule has 2 aromatic carbocycles. The molecule has 3 aromatic rings. The van der Waals surface area contributed by atoms with Crippen molar-refractivity contribution >= 4 is 16.9 Å². The lowest BCUT2D eigenvalue weighted by Crippen LogP contribution is -2.17. The number of carbonyl (C=O) groups is 1. The molecule has 0 saturated heterocycles. The summed E-state index contributed by atoms with van der Waals surface area (Å²) >= 11 is 0. The maximum Gasteiger partial charge on any atom is 0.342 e. The first-order chi connectivity index (χ1) is 12.0. The van der Waals surface area contributed by atoms with Gasteiger partial charge in [0, 0.05) is 0 Å². The van der Waals surface area contributed by atoms with Crippen molar-refractivity contribution in [3.05, 3.63) is 64.2 Å². The van der Waals surface area contributed by atoms with Gasteiger partial charge in [0.05, 0.1) is 18.0 Å². The monoisotopic (exact) mass is 340 g/mol. The van der Waals surface area contributed by atoms with Gasteiger partial charge in [0.2, 0.25) is 0 Å². The number of aromatic amines is 1. The molecule has 1 heterocycles. The zero-order valence-corrected chi connectivity index (χ0v) is 13.6. The fourth-order valence-corrected chi connectivity index (χ4v) is 2.43.